The van der Waals surface area contributed by atoms with Crippen LogP contribution in [-0.2, 0) is 6.42 Å². The summed E-state index contributed by atoms with van der Waals surface area (Å²) >= 11 is 0. The van der Waals surface area contributed by atoms with Crippen molar-refractivity contribution in [2.75, 3.05) is 4.90 Å². The molecule has 0 saturated carbocycles. The fraction of sp³-hybridized carbons (Fsp3) is 0.111. The van der Waals surface area contributed by atoms with Gasteiger partial charge in [0.05, 0.1) is 22.4 Å². The monoisotopic (exact) mass is 319 g/mol. The number of hydrogen-bond donors (Lipinski definition) is 0. The topological polar surface area (TPSA) is 76.3 Å². The van der Waals surface area contributed by atoms with E-state index in [4.69, 9.17) is 4.52 Å². The molecule has 118 valence electrons. The van der Waals surface area contributed by atoms with Crippen molar-refractivity contribution in [3.63, 3.8) is 0 Å². The first-order valence-electron chi connectivity index (χ1n) is 7.60. The first-order valence-corrected chi connectivity index (χ1v) is 7.60. The molecule has 24 heavy (non-hydrogen) atoms. The maximum atomic E-state index is 12.7. The Kier molecular flexibility index (Phi) is 3.23. The minimum Gasteiger partial charge on any atom is -0.334 e. The van der Waals surface area contributed by atoms with Crippen LogP contribution >= 0.6 is 0 Å². The number of aromatic nitrogens is 2. The second-order valence-corrected chi connectivity index (χ2v) is 5.38. The van der Waals surface area contributed by atoms with Crippen LogP contribution in [-0.4, -0.2) is 22.0 Å². The van der Waals surface area contributed by atoms with Crippen LogP contribution in [0.15, 0.2) is 53.1 Å². The van der Waals surface area contributed by atoms with Crippen LogP contribution in [0.2, 0.25) is 0 Å². The van der Waals surface area contributed by atoms with Crippen LogP contribution in [0.1, 0.15) is 33.5 Å². The van der Waals surface area contributed by atoms with E-state index in [2.05, 4.69) is 10.1 Å². The lowest BCUT2D eigenvalue weighted by Crippen LogP contribution is -2.29. The van der Waals surface area contributed by atoms with E-state index in [9.17, 15) is 9.59 Å². The number of fused-ring (bicyclic) bond motifs is 1. The van der Waals surface area contributed by atoms with Crippen LogP contribution in [0.3, 0.4) is 0 Å². The molecule has 1 aliphatic heterocycles. The van der Waals surface area contributed by atoms with Crippen molar-refractivity contribution in [3.05, 3.63) is 65.5 Å². The molecule has 0 unspecified atom stereocenters. The molecule has 0 N–H and O–H groups in total. The summed E-state index contributed by atoms with van der Waals surface area (Å²) in [4.78, 5) is 30.8. The first kappa shape index (κ1) is 14.3. The molecule has 1 aliphatic rings. The van der Waals surface area contributed by atoms with E-state index in [1.165, 1.54) is 0 Å². The average Bonchev–Trinajstić information content (AvgIpc) is 3.19. The predicted molar refractivity (Wildman–Crippen MR) is 86.7 cm³/mol. The van der Waals surface area contributed by atoms with E-state index >= 15 is 0 Å². The van der Waals surface area contributed by atoms with Gasteiger partial charge in [-0.25, -0.2) is 4.90 Å². The SMILES string of the molecule is CCc1noc(-c2ccccc2N2C(=O)c3ccccc3C2=O)n1. The number of hydrogen-bond acceptors (Lipinski definition) is 5. The predicted octanol–water partition coefficient (Wildman–Crippen LogP) is 3.10. The third kappa shape index (κ3) is 2.04. The fourth-order valence-electron chi connectivity index (χ4n) is 2.76. The minimum atomic E-state index is -0.349. The number of rotatable bonds is 3. The molecule has 2 aromatic carbocycles. The van der Waals surface area contributed by atoms with Gasteiger partial charge in [-0.3, -0.25) is 9.59 Å². The number of para-hydroxylation sites is 1. The van der Waals surface area contributed by atoms with E-state index in [1.54, 1.807) is 48.5 Å². The molecule has 0 atom stereocenters. The quantitative estimate of drug-likeness (QED) is 0.693. The molecule has 0 radical (unpaired) electrons. The van der Waals surface area contributed by atoms with Gasteiger partial charge >= 0.3 is 0 Å². The Hall–Kier alpha value is -3.28. The van der Waals surface area contributed by atoms with E-state index in [0.717, 1.165) is 4.90 Å². The van der Waals surface area contributed by atoms with Gasteiger partial charge in [0.25, 0.3) is 17.7 Å². The van der Waals surface area contributed by atoms with Gasteiger partial charge in [0.15, 0.2) is 5.82 Å². The number of imide groups is 1. The molecule has 0 fully saturated rings. The Morgan fingerprint density at radius 2 is 1.50 bits per heavy atom. The normalized spacial score (nSPS) is 13.5. The summed E-state index contributed by atoms with van der Waals surface area (Å²) < 4.78 is 5.28. The van der Waals surface area contributed by atoms with Crippen LogP contribution in [0.4, 0.5) is 5.69 Å². The van der Waals surface area contributed by atoms with E-state index < -0.39 is 0 Å². The lowest BCUT2D eigenvalue weighted by molar-refractivity contribution is 0.0926. The number of carbonyl (C=O) groups excluding carboxylic acids is 2. The van der Waals surface area contributed by atoms with Gasteiger partial charge in [-0.05, 0) is 24.3 Å². The number of aryl methyl sites for hydroxylation is 1. The summed E-state index contributed by atoms with van der Waals surface area (Å²) in [5.41, 5.74) is 1.79. The number of amides is 2. The van der Waals surface area contributed by atoms with E-state index in [-0.39, 0.29) is 11.8 Å². The fourth-order valence-corrected chi connectivity index (χ4v) is 2.76. The first-order chi connectivity index (χ1) is 11.7. The van der Waals surface area contributed by atoms with E-state index in [1.807, 2.05) is 6.92 Å². The highest BCUT2D eigenvalue weighted by Gasteiger charge is 2.37. The smallest absolute Gasteiger partial charge is 0.266 e. The molecule has 0 spiro atoms. The van der Waals surface area contributed by atoms with Gasteiger partial charge in [-0.2, -0.15) is 4.98 Å². The average molecular weight is 319 g/mol. The highest BCUT2D eigenvalue weighted by molar-refractivity contribution is 6.35. The summed E-state index contributed by atoms with van der Waals surface area (Å²) in [6.07, 6.45) is 0.638. The van der Waals surface area contributed by atoms with Gasteiger partial charge in [0, 0.05) is 6.42 Å². The van der Waals surface area contributed by atoms with Gasteiger partial charge < -0.3 is 4.52 Å². The van der Waals surface area contributed by atoms with Gasteiger partial charge in [-0.1, -0.05) is 36.3 Å². The van der Waals surface area contributed by atoms with Gasteiger partial charge in [0.2, 0.25) is 0 Å². The Morgan fingerprint density at radius 3 is 2.08 bits per heavy atom. The molecule has 6 heteroatoms. The van der Waals surface area contributed by atoms with Crippen molar-refractivity contribution in [3.8, 4) is 11.5 Å². The molecule has 0 saturated heterocycles. The lowest BCUT2D eigenvalue weighted by atomic mass is 10.1. The van der Waals surface area contributed by atoms with Crippen LogP contribution in [0.5, 0.6) is 0 Å². The zero-order valence-corrected chi connectivity index (χ0v) is 12.9. The largest absolute Gasteiger partial charge is 0.334 e. The van der Waals surface area contributed by atoms with Crippen molar-refractivity contribution >= 4 is 17.5 Å². The molecule has 2 amide bonds. The third-order valence-electron chi connectivity index (χ3n) is 3.95. The summed E-state index contributed by atoms with van der Waals surface area (Å²) in [5, 5.41) is 3.88. The molecule has 1 aromatic heterocycles. The Morgan fingerprint density at radius 1 is 0.917 bits per heavy atom. The highest BCUT2D eigenvalue weighted by atomic mass is 16.5. The van der Waals surface area contributed by atoms with Crippen LogP contribution < -0.4 is 4.90 Å². The Balaban J connectivity index is 1.84. The number of carbonyl (C=O) groups is 2. The van der Waals surface area contributed by atoms with Crippen molar-refractivity contribution in [2.24, 2.45) is 0 Å². The standard InChI is InChI=1S/C18H13N3O3/c1-2-15-19-16(24-20-15)13-9-5-6-10-14(13)21-17(22)11-7-3-4-8-12(11)18(21)23/h3-10H,2H2,1H3. The van der Waals surface area contributed by atoms with Gasteiger partial charge in [-0.15, -0.1) is 0 Å². The number of nitrogens with zero attached hydrogens (tertiary/aromatic N) is 3. The molecular formula is C18H13N3O3. The molecule has 4 rings (SSSR count). The molecule has 0 bridgehead atoms. The van der Waals surface area contributed by atoms with Crippen LogP contribution in [0.25, 0.3) is 11.5 Å². The van der Waals surface area contributed by atoms with Crippen LogP contribution in [0, 0.1) is 0 Å². The number of benzene rings is 2. The molecule has 0 aliphatic carbocycles. The minimum absolute atomic E-state index is 0.291. The summed E-state index contributed by atoms with van der Waals surface area (Å²) in [5.74, 6) is 0.165. The summed E-state index contributed by atoms with van der Waals surface area (Å²) in [6.45, 7) is 1.92. The summed E-state index contributed by atoms with van der Waals surface area (Å²) in [7, 11) is 0. The summed E-state index contributed by atoms with van der Waals surface area (Å²) in [6, 6.07) is 13.8. The van der Waals surface area contributed by atoms with Gasteiger partial charge in [0.1, 0.15) is 0 Å². The second kappa shape index (κ2) is 5.42. The zero-order chi connectivity index (χ0) is 16.7. The Bertz CT molecular complexity index is 926. The molecule has 6 nitrogen and oxygen atoms in total. The van der Waals surface area contributed by atoms with Crippen molar-refractivity contribution in [2.45, 2.75) is 13.3 Å². The maximum Gasteiger partial charge on any atom is 0.266 e. The highest BCUT2D eigenvalue weighted by Crippen LogP contribution is 2.35. The molecule has 2 heterocycles. The Labute approximate surface area is 137 Å². The molecular weight excluding hydrogens is 306 g/mol. The second-order valence-electron chi connectivity index (χ2n) is 5.38. The zero-order valence-electron chi connectivity index (χ0n) is 12.9. The lowest BCUT2D eigenvalue weighted by Gasteiger charge is -2.16. The van der Waals surface area contributed by atoms with Crippen molar-refractivity contribution in [1.82, 2.24) is 10.1 Å². The molecule has 3 aromatic rings. The van der Waals surface area contributed by atoms with Crippen molar-refractivity contribution < 1.29 is 14.1 Å². The maximum absolute atomic E-state index is 12.7. The number of anilines is 1. The van der Waals surface area contributed by atoms with E-state index in [0.29, 0.717) is 40.5 Å². The third-order valence-corrected chi connectivity index (χ3v) is 3.95. The van der Waals surface area contributed by atoms with Crippen molar-refractivity contribution in [1.29, 1.82) is 0 Å².